The number of aromatic nitrogens is 3. The predicted octanol–water partition coefficient (Wildman–Crippen LogP) is 6.27. The average Bonchev–Trinajstić information content (AvgIpc) is 2.80. The van der Waals surface area contributed by atoms with Crippen LogP contribution in [0.2, 0.25) is 0 Å². The molecule has 2 heterocycles. The summed E-state index contributed by atoms with van der Waals surface area (Å²) in [5.41, 5.74) is 5.41. The normalized spacial score (nSPS) is 14.4. The van der Waals surface area contributed by atoms with E-state index in [4.69, 9.17) is 9.97 Å². The van der Waals surface area contributed by atoms with E-state index in [0.717, 1.165) is 53.0 Å². The van der Waals surface area contributed by atoms with Gasteiger partial charge in [0.2, 0.25) is 0 Å². The van der Waals surface area contributed by atoms with Gasteiger partial charge >= 0.3 is 0 Å². The monoisotopic (exact) mass is 434 g/mol. The number of anilines is 2. The predicted molar refractivity (Wildman–Crippen MR) is 131 cm³/mol. The van der Waals surface area contributed by atoms with Gasteiger partial charge in [0.25, 0.3) is 0 Å². The van der Waals surface area contributed by atoms with Crippen LogP contribution in [0.5, 0.6) is 0 Å². The molecule has 0 radical (unpaired) electrons. The van der Waals surface area contributed by atoms with Crippen molar-refractivity contribution in [2.24, 2.45) is 0 Å². The van der Waals surface area contributed by atoms with E-state index in [-0.39, 0.29) is 11.2 Å². The molecule has 1 fully saturated rings. The highest BCUT2D eigenvalue weighted by Gasteiger charge is 2.42. The summed E-state index contributed by atoms with van der Waals surface area (Å²) in [5.74, 6) is 1.58. The molecule has 0 unspecified atom stereocenters. The van der Waals surface area contributed by atoms with Gasteiger partial charge in [-0.1, -0.05) is 48.9 Å². The average molecular weight is 435 g/mol. The van der Waals surface area contributed by atoms with Crippen LogP contribution >= 0.6 is 0 Å². The number of ketones is 1. The number of pyridine rings is 1. The van der Waals surface area contributed by atoms with Crippen LogP contribution in [0.15, 0.2) is 79.0 Å². The number of Topliss-reactive ketones (excluding diaryl/α,β-unsaturated/α-hetero) is 1. The lowest BCUT2D eigenvalue weighted by Gasteiger charge is -2.40. The zero-order chi connectivity index (χ0) is 22.8. The molecule has 5 nitrogen and oxygen atoms in total. The van der Waals surface area contributed by atoms with Gasteiger partial charge in [-0.15, -0.1) is 0 Å². The first kappa shape index (κ1) is 21.0. The lowest BCUT2D eigenvalue weighted by Crippen LogP contribution is -2.40. The zero-order valence-electron chi connectivity index (χ0n) is 18.9. The fourth-order valence-corrected chi connectivity index (χ4v) is 4.39. The molecule has 0 spiro atoms. The summed E-state index contributed by atoms with van der Waals surface area (Å²) < 4.78 is 0. The van der Waals surface area contributed by atoms with Crippen LogP contribution in [0, 0.1) is 6.92 Å². The molecular formula is C28H26N4O. The smallest absolute Gasteiger partial charge is 0.163 e. The Balaban J connectivity index is 1.49. The molecule has 5 rings (SSSR count). The Bertz CT molecular complexity index is 1280. The van der Waals surface area contributed by atoms with Gasteiger partial charge in [0.05, 0.1) is 11.1 Å². The first-order valence-corrected chi connectivity index (χ1v) is 11.3. The lowest BCUT2D eigenvalue weighted by molar-refractivity contribution is -0.125. The minimum absolute atomic E-state index is 0.258. The Kier molecular flexibility index (Phi) is 5.47. The molecule has 0 aliphatic heterocycles. The number of aryl methyl sites for hydroxylation is 1. The number of carbonyl (C=O) groups is 1. The molecule has 0 atom stereocenters. The highest BCUT2D eigenvalue weighted by molar-refractivity contribution is 5.89. The Morgan fingerprint density at radius 3 is 2.27 bits per heavy atom. The number of hydrogen-bond donors (Lipinski definition) is 1. The lowest BCUT2D eigenvalue weighted by atomic mass is 9.62. The quantitative estimate of drug-likeness (QED) is 0.387. The van der Waals surface area contributed by atoms with Gasteiger partial charge in [0.15, 0.2) is 5.82 Å². The van der Waals surface area contributed by atoms with Crippen molar-refractivity contribution in [1.82, 2.24) is 15.0 Å². The fraction of sp³-hybridized carbons (Fsp3) is 0.214. The van der Waals surface area contributed by atoms with Crippen molar-refractivity contribution in [2.45, 2.75) is 38.5 Å². The molecule has 0 saturated heterocycles. The Morgan fingerprint density at radius 1 is 0.909 bits per heavy atom. The summed E-state index contributed by atoms with van der Waals surface area (Å²) in [6.07, 6.45) is 4.79. The number of carbonyl (C=O) groups excluding carboxylic acids is 1. The van der Waals surface area contributed by atoms with E-state index in [1.165, 1.54) is 0 Å². The van der Waals surface area contributed by atoms with Gasteiger partial charge < -0.3 is 5.32 Å². The molecule has 1 N–H and O–H groups in total. The number of benzene rings is 2. The minimum atomic E-state index is -0.292. The van der Waals surface area contributed by atoms with Crippen LogP contribution in [0.1, 0.15) is 37.4 Å². The second kappa shape index (κ2) is 8.58. The molecule has 2 aromatic heterocycles. The first-order chi connectivity index (χ1) is 16.0. The Morgan fingerprint density at radius 2 is 1.67 bits per heavy atom. The molecule has 164 valence electrons. The maximum atomic E-state index is 12.3. The van der Waals surface area contributed by atoms with Crippen LogP contribution in [-0.2, 0) is 10.2 Å². The highest BCUT2D eigenvalue weighted by atomic mass is 16.1. The standard InChI is InChI=1S/C28H26N4O/c1-19-9-10-22(18-29-19)27-31-25(21-7-4-3-5-8-21)17-26(32-27)30-24-13-11-23(12-14-24)28(20(2)33)15-6-16-28/h3-5,7-14,17-18H,6,15-16H2,1-2H3,(H,30,31,32). The molecule has 33 heavy (non-hydrogen) atoms. The van der Waals surface area contributed by atoms with Gasteiger partial charge in [0, 0.05) is 34.8 Å². The molecule has 2 aromatic carbocycles. The molecular weight excluding hydrogens is 408 g/mol. The van der Waals surface area contributed by atoms with Crippen molar-refractivity contribution in [1.29, 1.82) is 0 Å². The molecule has 1 aliphatic rings. The summed E-state index contributed by atoms with van der Waals surface area (Å²) in [4.78, 5) is 26.2. The van der Waals surface area contributed by atoms with Crippen molar-refractivity contribution >= 4 is 17.3 Å². The number of hydrogen-bond acceptors (Lipinski definition) is 5. The van der Waals surface area contributed by atoms with Crippen molar-refractivity contribution in [3.8, 4) is 22.6 Å². The number of nitrogens with zero attached hydrogens (tertiary/aromatic N) is 3. The maximum absolute atomic E-state index is 12.3. The van der Waals surface area contributed by atoms with Crippen LogP contribution < -0.4 is 5.32 Å². The van der Waals surface area contributed by atoms with Crippen molar-refractivity contribution in [2.75, 3.05) is 5.32 Å². The SMILES string of the molecule is CC(=O)C1(c2ccc(Nc3cc(-c4ccccc4)nc(-c4ccc(C)nc4)n3)cc2)CCC1. The number of nitrogens with one attached hydrogen (secondary N) is 1. The fourth-order valence-electron chi connectivity index (χ4n) is 4.39. The molecule has 5 heteroatoms. The second-order valence-electron chi connectivity index (χ2n) is 8.71. The summed E-state index contributed by atoms with van der Waals surface area (Å²) >= 11 is 0. The zero-order valence-corrected chi connectivity index (χ0v) is 18.9. The number of rotatable bonds is 6. The molecule has 0 bridgehead atoms. The van der Waals surface area contributed by atoms with Crippen molar-refractivity contribution in [3.63, 3.8) is 0 Å². The molecule has 1 saturated carbocycles. The topological polar surface area (TPSA) is 67.8 Å². The van der Waals surface area contributed by atoms with Gasteiger partial charge in [-0.2, -0.15) is 0 Å². The summed E-state index contributed by atoms with van der Waals surface area (Å²) in [5, 5.41) is 3.42. The van der Waals surface area contributed by atoms with Crippen LogP contribution in [0.3, 0.4) is 0 Å². The van der Waals surface area contributed by atoms with Crippen molar-refractivity contribution < 1.29 is 4.79 Å². The first-order valence-electron chi connectivity index (χ1n) is 11.3. The third-order valence-corrected chi connectivity index (χ3v) is 6.56. The van der Waals surface area contributed by atoms with E-state index in [9.17, 15) is 4.79 Å². The minimum Gasteiger partial charge on any atom is -0.340 e. The van der Waals surface area contributed by atoms with Crippen LogP contribution in [-0.4, -0.2) is 20.7 Å². The van der Waals surface area contributed by atoms with Gasteiger partial charge in [-0.25, -0.2) is 9.97 Å². The van der Waals surface area contributed by atoms with E-state index in [2.05, 4.69) is 22.4 Å². The molecule has 0 amide bonds. The van der Waals surface area contributed by atoms with Gasteiger partial charge in [-0.3, -0.25) is 9.78 Å². The van der Waals surface area contributed by atoms with Gasteiger partial charge in [0.1, 0.15) is 11.6 Å². The van der Waals surface area contributed by atoms with E-state index in [0.29, 0.717) is 11.6 Å². The third kappa shape index (κ3) is 4.14. The van der Waals surface area contributed by atoms with Crippen molar-refractivity contribution in [3.05, 3.63) is 90.3 Å². The summed E-state index contributed by atoms with van der Waals surface area (Å²) in [6.45, 7) is 3.67. The highest BCUT2D eigenvalue weighted by Crippen LogP contribution is 2.44. The molecule has 4 aromatic rings. The third-order valence-electron chi connectivity index (χ3n) is 6.56. The maximum Gasteiger partial charge on any atom is 0.163 e. The molecule has 1 aliphatic carbocycles. The van der Waals surface area contributed by atoms with E-state index in [1.54, 1.807) is 13.1 Å². The van der Waals surface area contributed by atoms with Crippen LogP contribution in [0.25, 0.3) is 22.6 Å². The van der Waals surface area contributed by atoms with E-state index < -0.39 is 0 Å². The van der Waals surface area contributed by atoms with E-state index >= 15 is 0 Å². The van der Waals surface area contributed by atoms with Gasteiger partial charge in [-0.05, 0) is 56.5 Å². The summed E-state index contributed by atoms with van der Waals surface area (Å²) in [7, 11) is 0. The summed E-state index contributed by atoms with van der Waals surface area (Å²) in [6, 6.07) is 24.2. The second-order valence-corrected chi connectivity index (χ2v) is 8.71. The Labute approximate surface area is 194 Å². The van der Waals surface area contributed by atoms with E-state index in [1.807, 2.05) is 67.6 Å². The Hall–Kier alpha value is -3.86. The largest absolute Gasteiger partial charge is 0.340 e. The van der Waals surface area contributed by atoms with Crippen LogP contribution in [0.4, 0.5) is 11.5 Å².